The average molecular weight is 258 g/mol. The van der Waals surface area contributed by atoms with Crippen LogP contribution in [0.3, 0.4) is 0 Å². The van der Waals surface area contributed by atoms with Crippen LogP contribution in [0.4, 0.5) is 0 Å². The van der Waals surface area contributed by atoms with E-state index in [1.807, 2.05) is 6.20 Å². The van der Waals surface area contributed by atoms with Gasteiger partial charge >= 0.3 is 0 Å². The van der Waals surface area contributed by atoms with Gasteiger partial charge in [-0.2, -0.15) is 5.10 Å². The van der Waals surface area contributed by atoms with Crippen LogP contribution in [0.2, 0.25) is 0 Å². The van der Waals surface area contributed by atoms with Crippen molar-refractivity contribution >= 4 is 0 Å². The normalized spacial score (nSPS) is 15.1. The molecule has 0 unspecified atom stereocenters. The third-order valence-electron chi connectivity index (χ3n) is 4.12. The molecular formula is C15H22N4. The number of hydrogen-bond acceptors (Lipinski definition) is 2. The molecule has 1 fully saturated rings. The summed E-state index contributed by atoms with van der Waals surface area (Å²) in [7, 11) is 0. The Morgan fingerprint density at radius 3 is 2.74 bits per heavy atom. The predicted molar refractivity (Wildman–Crippen MR) is 75.3 cm³/mol. The summed E-state index contributed by atoms with van der Waals surface area (Å²) in [6.45, 7) is 8.40. The Hall–Kier alpha value is -1.58. The molecule has 0 aromatic carbocycles. The van der Waals surface area contributed by atoms with Gasteiger partial charge in [0.05, 0.1) is 5.69 Å². The van der Waals surface area contributed by atoms with E-state index in [0.717, 1.165) is 25.4 Å². The van der Waals surface area contributed by atoms with Crippen molar-refractivity contribution in [2.75, 3.05) is 0 Å². The lowest BCUT2D eigenvalue weighted by molar-refractivity contribution is 0.628. The van der Waals surface area contributed by atoms with Gasteiger partial charge in [0.2, 0.25) is 0 Å². The maximum Gasteiger partial charge on any atom is 0.111 e. The Morgan fingerprint density at radius 1 is 1.32 bits per heavy atom. The van der Waals surface area contributed by atoms with Gasteiger partial charge < -0.3 is 4.57 Å². The quantitative estimate of drug-likeness (QED) is 0.826. The van der Waals surface area contributed by atoms with Crippen LogP contribution in [-0.2, 0) is 19.5 Å². The van der Waals surface area contributed by atoms with Crippen LogP contribution in [0.5, 0.6) is 0 Å². The van der Waals surface area contributed by atoms with E-state index in [9.17, 15) is 0 Å². The molecule has 0 amide bonds. The summed E-state index contributed by atoms with van der Waals surface area (Å²) in [6, 6.07) is 0. The molecule has 102 valence electrons. The van der Waals surface area contributed by atoms with Crippen molar-refractivity contribution in [2.45, 2.75) is 59.0 Å². The van der Waals surface area contributed by atoms with E-state index in [4.69, 9.17) is 0 Å². The van der Waals surface area contributed by atoms with Gasteiger partial charge in [-0.05, 0) is 45.6 Å². The molecule has 0 radical (unpaired) electrons. The molecule has 0 bridgehead atoms. The van der Waals surface area contributed by atoms with E-state index in [2.05, 4.69) is 46.3 Å². The van der Waals surface area contributed by atoms with Gasteiger partial charge in [0, 0.05) is 37.1 Å². The molecular weight excluding hydrogens is 236 g/mol. The van der Waals surface area contributed by atoms with Crippen LogP contribution in [-0.4, -0.2) is 19.3 Å². The first kappa shape index (κ1) is 12.5. The van der Waals surface area contributed by atoms with E-state index in [-0.39, 0.29) is 0 Å². The van der Waals surface area contributed by atoms with Crippen molar-refractivity contribution in [1.29, 1.82) is 0 Å². The number of nitrogens with zero attached hydrogens (tertiary/aromatic N) is 4. The zero-order valence-electron chi connectivity index (χ0n) is 12.1. The summed E-state index contributed by atoms with van der Waals surface area (Å²) in [6.07, 6.45) is 7.71. The summed E-state index contributed by atoms with van der Waals surface area (Å²) in [4.78, 5) is 4.50. The fraction of sp³-hybridized carbons (Fsp3) is 0.600. The monoisotopic (exact) mass is 258 g/mol. The molecule has 1 aliphatic carbocycles. The number of aryl methyl sites for hydroxylation is 3. The molecule has 0 spiro atoms. The van der Waals surface area contributed by atoms with E-state index >= 15 is 0 Å². The zero-order chi connectivity index (χ0) is 13.4. The van der Waals surface area contributed by atoms with Crippen molar-refractivity contribution in [3.63, 3.8) is 0 Å². The minimum Gasteiger partial charge on any atom is -0.334 e. The topological polar surface area (TPSA) is 35.6 Å². The van der Waals surface area contributed by atoms with Crippen molar-refractivity contribution in [2.24, 2.45) is 0 Å². The van der Waals surface area contributed by atoms with Crippen LogP contribution < -0.4 is 0 Å². The lowest BCUT2D eigenvalue weighted by atomic mass is 10.1. The lowest BCUT2D eigenvalue weighted by Crippen LogP contribution is -2.06. The molecule has 3 rings (SSSR count). The molecule has 1 saturated carbocycles. The lowest BCUT2D eigenvalue weighted by Gasteiger charge is -2.07. The fourth-order valence-corrected chi connectivity index (χ4v) is 2.85. The highest BCUT2D eigenvalue weighted by atomic mass is 15.3. The molecule has 0 atom stereocenters. The molecule has 0 saturated heterocycles. The van der Waals surface area contributed by atoms with Crippen LogP contribution in [0.25, 0.3) is 0 Å². The summed E-state index contributed by atoms with van der Waals surface area (Å²) < 4.78 is 4.42. The molecule has 19 heavy (non-hydrogen) atoms. The summed E-state index contributed by atoms with van der Waals surface area (Å²) >= 11 is 0. The first-order valence-electron chi connectivity index (χ1n) is 7.24. The van der Waals surface area contributed by atoms with Crippen LogP contribution in [0.1, 0.15) is 48.5 Å². The van der Waals surface area contributed by atoms with Gasteiger partial charge in [-0.3, -0.25) is 4.68 Å². The Balaban J connectivity index is 1.75. The van der Waals surface area contributed by atoms with Crippen molar-refractivity contribution < 1.29 is 0 Å². The van der Waals surface area contributed by atoms with Crippen molar-refractivity contribution in [3.8, 4) is 0 Å². The minimum atomic E-state index is 0.718. The molecule has 0 N–H and O–H groups in total. The van der Waals surface area contributed by atoms with Gasteiger partial charge in [0.25, 0.3) is 0 Å². The van der Waals surface area contributed by atoms with Gasteiger partial charge in [-0.15, -0.1) is 0 Å². The number of aromatic nitrogens is 4. The molecule has 4 nitrogen and oxygen atoms in total. The first-order valence-corrected chi connectivity index (χ1v) is 7.24. The molecule has 2 aromatic heterocycles. The Kier molecular flexibility index (Phi) is 3.17. The van der Waals surface area contributed by atoms with Crippen molar-refractivity contribution in [3.05, 3.63) is 35.2 Å². The second-order valence-electron chi connectivity index (χ2n) is 5.47. The second-order valence-corrected chi connectivity index (χ2v) is 5.47. The summed E-state index contributed by atoms with van der Waals surface area (Å²) in [5, 5.41) is 4.59. The van der Waals surface area contributed by atoms with E-state index in [1.165, 1.54) is 35.6 Å². The van der Waals surface area contributed by atoms with Gasteiger partial charge in [-0.25, -0.2) is 4.98 Å². The average Bonchev–Trinajstić information content (AvgIpc) is 3.08. The van der Waals surface area contributed by atoms with Gasteiger partial charge in [0.1, 0.15) is 5.82 Å². The smallest absolute Gasteiger partial charge is 0.111 e. The Bertz CT molecular complexity index is 575. The Labute approximate surface area is 114 Å². The molecule has 2 heterocycles. The van der Waals surface area contributed by atoms with Crippen molar-refractivity contribution in [1.82, 2.24) is 19.3 Å². The van der Waals surface area contributed by atoms with E-state index in [0.29, 0.717) is 0 Å². The van der Waals surface area contributed by atoms with Gasteiger partial charge in [0.15, 0.2) is 0 Å². The minimum absolute atomic E-state index is 0.718. The predicted octanol–water partition coefficient (Wildman–Crippen LogP) is 2.84. The largest absolute Gasteiger partial charge is 0.334 e. The SMILES string of the molecule is CCn1nc(C)c(CCn2ccnc2C2CC2)c1C. The van der Waals surface area contributed by atoms with Crippen LogP contribution in [0.15, 0.2) is 12.4 Å². The fourth-order valence-electron chi connectivity index (χ4n) is 2.85. The maximum atomic E-state index is 4.59. The Morgan fingerprint density at radius 2 is 2.11 bits per heavy atom. The van der Waals surface area contributed by atoms with Gasteiger partial charge in [-0.1, -0.05) is 0 Å². The highest BCUT2D eigenvalue weighted by molar-refractivity contribution is 5.24. The molecule has 0 aliphatic heterocycles. The highest BCUT2D eigenvalue weighted by Crippen LogP contribution is 2.39. The number of rotatable bonds is 5. The molecule has 4 heteroatoms. The zero-order valence-corrected chi connectivity index (χ0v) is 12.1. The summed E-state index contributed by atoms with van der Waals surface area (Å²) in [5.41, 5.74) is 3.89. The molecule has 2 aromatic rings. The van der Waals surface area contributed by atoms with E-state index < -0.39 is 0 Å². The number of hydrogen-bond donors (Lipinski definition) is 0. The summed E-state index contributed by atoms with van der Waals surface area (Å²) in [5.74, 6) is 1.99. The third kappa shape index (κ3) is 2.31. The molecule has 1 aliphatic rings. The standard InChI is InChI=1S/C15H22N4/c1-4-19-12(3)14(11(2)17-19)7-9-18-10-8-16-15(18)13-5-6-13/h8,10,13H,4-7,9H2,1-3H3. The first-order chi connectivity index (χ1) is 9.20. The second kappa shape index (κ2) is 4.83. The van der Waals surface area contributed by atoms with E-state index in [1.54, 1.807) is 0 Å². The highest BCUT2D eigenvalue weighted by Gasteiger charge is 2.27. The number of imidazole rings is 1. The maximum absolute atomic E-state index is 4.59. The third-order valence-corrected chi connectivity index (χ3v) is 4.12. The van der Waals surface area contributed by atoms with Crippen LogP contribution in [0, 0.1) is 13.8 Å². The van der Waals surface area contributed by atoms with Crippen LogP contribution >= 0.6 is 0 Å².